The molecule has 7 heteroatoms. The van der Waals surface area contributed by atoms with Crippen molar-refractivity contribution in [3.63, 3.8) is 0 Å². The number of hydrogen-bond donors (Lipinski definition) is 2. The highest BCUT2D eigenvalue weighted by atomic mass is 127. The molecule has 27 heavy (non-hydrogen) atoms. The first-order valence-corrected chi connectivity index (χ1v) is 8.79. The third kappa shape index (κ3) is 5.71. The van der Waals surface area contributed by atoms with Crippen LogP contribution in [0.25, 0.3) is 0 Å². The van der Waals surface area contributed by atoms with Crippen molar-refractivity contribution in [3.05, 3.63) is 82.6 Å². The van der Waals surface area contributed by atoms with Gasteiger partial charge in [-0.1, -0.05) is 29.8 Å². The summed E-state index contributed by atoms with van der Waals surface area (Å²) in [6, 6.07) is 15.7. The second-order valence-corrected chi connectivity index (χ2v) is 6.64. The Labute approximate surface area is 181 Å². The van der Waals surface area contributed by atoms with Crippen LogP contribution < -0.4 is 11.1 Å². The number of aromatic nitrogens is 2. The summed E-state index contributed by atoms with van der Waals surface area (Å²) in [7, 11) is 0. The molecule has 3 aromatic rings. The molecular formula is C20H23ClIN5. The molecule has 0 saturated heterocycles. The summed E-state index contributed by atoms with van der Waals surface area (Å²) in [5.41, 5.74) is 10.5. The molecule has 1 atom stereocenters. The Bertz CT molecular complexity index is 891. The molecule has 1 aromatic heterocycles. The van der Waals surface area contributed by atoms with Gasteiger partial charge in [0.1, 0.15) is 0 Å². The highest BCUT2D eigenvalue weighted by Crippen LogP contribution is 2.20. The van der Waals surface area contributed by atoms with E-state index in [1.165, 1.54) is 11.1 Å². The number of aryl methyl sites for hydroxylation is 2. The van der Waals surface area contributed by atoms with E-state index >= 15 is 0 Å². The zero-order valence-corrected chi connectivity index (χ0v) is 18.3. The van der Waals surface area contributed by atoms with E-state index < -0.39 is 0 Å². The average Bonchev–Trinajstić information content (AvgIpc) is 3.14. The van der Waals surface area contributed by atoms with Crippen LogP contribution in [0.5, 0.6) is 0 Å². The van der Waals surface area contributed by atoms with Crippen LogP contribution in [0.3, 0.4) is 0 Å². The summed E-state index contributed by atoms with van der Waals surface area (Å²) in [4.78, 5) is 4.52. The molecular weight excluding hydrogens is 473 g/mol. The molecule has 1 unspecified atom stereocenters. The van der Waals surface area contributed by atoms with Gasteiger partial charge in [0.25, 0.3) is 0 Å². The molecule has 0 bridgehead atoms. The van der Waals surface area contributed by atoms with Crippen LogP contribution >= 0.6 is 35.6 Å². The van der Waals surface area contributed by atoms with Gasteiger partial charge in [-0.2, -0.15) is 5.10 Å². The second-order valence-electron chi connectivity index (χ2n) is 6.20. The minimum Gasteiger partial charge on any atom is -0.370 e. The lowest BCUT2D eigenvalue weighted by atomic mass is 10.1. The number of benzene rings is 2. The fourth-order valence-electron chi connectivity index (χ4n) is 2.68. The predicted molar refractivity (Wildman–Crippen MR) is 123 cm³/mol. The van der Waals surface area contributed by atoms with Gasteiger partial charge in [-0.25, -0.2) is 0 Å². The summed E-state index contributed by atoms with van der Waals surface area (Å²) in [6.07, 6.45) is 3.67. The molecule has 0 aliphatic carbocycles. The number of halogens is 2. The van der Waals surface area contributed by atoms with Gasteiger partial charge in [-0.3, -0.25) is 9.67 Å². The largest absolute Gasteiger partial charge is 0.370 e. The van der Waals surface area contributed by atoms with Crippen molar-refractivity contribution >= 4 is 47.2 Å². The monoisotopic (exact) mass is 495 g/mol. The molecule has 3 rings (SSSR count). The zero-order valence-electron chi connectivity index (χ0n) is 15.3. The summed E-state index contributed by atoms with van der Waals surface area (Å²) in [5.74, 6) is 0.374. The third-order valence-electron chi connectivity index (χ3n) is 4.31. The maximum atomic E-state index is 6.09. The van der Waals surface area contributed by atoms with Crippen LogP contribution in [0.15, 0.2) is 65.9 Å². The SMILES string of the molecule is Cc1ccc(NC(N)=NCC(c2ccc(Cl)cc2)n2cccn2)cc1C.I. The first-order chi connectivity index (χ1) is 12.5. The predicted octanol–water partition coefficient (Wildman–Crippen LogP) is 4.79. The van der Waals surface area contributed by atoms with E-state index in [9.17, 15) is 0 Å². The highest BCUT2D eigenvalue weighted by Gasteiger charge is 2.14. The lowest BCUT2D eigenvalue weighted by molar-refractivity contribution is 0.533. The van der Waals surface area contributed by atoms with Crippen molar-refractivity contribution in [2.45, 2.75) is 19.9 Å². The third-order valence-corrected chi connectivity index (χ3v) is 4.56. The number of nitrogens with zero attached hydrogens (tertiary/aromatic N) is 3. The molecule has 142 valence electrons. The first-order valence-electron chi connectivity index (χ1n) is 8.42. The molecule has 0 aliphatic heterocycles. The van der Waals surface area contributed by atoms with Crippen molar-refractivity contribution in [2.24, 2.45) is 10.7 Å². The van der Waals surface area contributed by atoms with Crippen LogP contribution in [0.1, 0.15) is 22.7 Å². The molecule has 2 aromatic carbocycles. The Kier molecular flexibility index (Phi) is 7.67. The van der Waals surface area contributed by atoms with Crippen LogP contribution in [-0.2, 0) is 0 Å². The van der Waals surface area contributed by atoms with E-state index in [2.05, 4.69) is 41.4 Å². The number of nitrogens with one attached hydrogen (secondary N) is 1. The summed E-state index contributed by atoms with van der Waals surface area (Å²) >= 11 is 6.00. The van der Waals surface area contributed by atoms with Crippen LogP contribution in [-0.4, -0.2) is 22.3 Å². The van der Waals surface area contributed by atoms with E-state index in [-0.39, 0.29) is 30.0 Å². The molecule has 0 spiro atoms. The Balaban J connectivity index is 0.00000261. The minimum atomic E-state index is -0.0534. The lowest BCUT2D eigenvalue weighted by Crippen LogP contribution is -2.25. The molecule has 5 nitrogen and oxygen atoms in total. The molecule has 0 saturated carbocycles. The Hall–Kier alpha value is -2.06. The number of anilines is 1. The topological polar surface area (TPSA) is 68.2 Å². The number of nitrogens with two attached hydrogens (primary N) is 1. The Morgan fingerprint density at radius 2 is 1.93 bits per heavy atom. The number of rotatable bonds is 5. The summed E-state index contributed by atoms with van der Waals surface area (Å²) in [6.45, 7) is 4.62. The van der Waals surface area contributed by atoms with Crippen molar-refractivity contribution in [1.29, 1.82) is 0 Å². The quantitative estimate of drug-likeness (QED) is 0.304. The number of guanidine groups is 1. The van der Waals surface area contributed by atoms with Crippen LogP contribution in [0, 0.1) is 13.8 Å². The van der Waals surface area contributed by atoms with Crippen LogP contribution in [0.4, 0.5) is 5.69 Å². The summed E-state index contributed by atoms with van der Waals surface area (Å²) < 4.78 is 1.87. The normalized spacial score (nSPS) is 12.3. The van der Waals surface area contributed by atoms with Crippen molar-refractivity contribution in [3.8, 4) is 0 Å². The van der Waals surface area contributed by atoms with E-state index in [0.717, 1.165) is 11.3 Å². The average molecular weight is 496 g/mol. The van der Waals surface area contributed by atoms with Crippen molar-refractivity contribution in [2.75, 3.05) is 11.9 Å². The van der Waals surface area contributed by atoms with Gasteiger partial charge in [-0.05, 0) is 60.9 Å². The Morgan fingerprint density at radius 1 is 1.19 bits per heavy atom. The highest BCUT2D eigenvalue weighted by molar-refractivity contribution is 14.0. The van der Waals surface area contributed by atoms with E-state index in [1.807, 2.05) is 47.3 Å². The Morgan fingerprint density at radius 3 is 2.56 bits per heavy atom. The smallest absolute Gasteiger partial charge is 0.193 e. The van der Waals surface area contributed by atoms with Gasteiger partial charge in [0.05, 0.1) is 12.6 Å². The first kappa shape index (κ1) is 21.2. The summed E-state index contributed by atoms with van der Waals surface area (Å²) in [5, 5.41) is 8.20. The molecule has 3 N–H and O–H groups in total. The zero-order chi connectivity index (χ0) is 18.5. The van der Waals surface area contributed by atoms with Gasteiger partial charge < -0.3 is 11.1 Å². The van der Waals surface area contributed by atoms with Gasteiger partial charge >= 0.3 is 0 Å². The van der Waals surface area contributed by atoms with Gasteiger partial charge in [0, 0.05) is 23.1 Å². The van der Waals surface area contributed by atoms with Crippen molar-refractivity contribution in [1.82, 2.24) is 9.78 Å². The van der Waals surface area contributed by atoms with Crippen molar-refractivity contribution < 1.29 is 0 Å². The van der Waals surface area contributed by atoms with E-state index in [0.29, 0.717) is 17.5 Å². The molecule has 0 amide bonds. The fourth-order valence-corrected chi connectivity index (χ4v) is 2.81. The maximum absolute atomic E-state index is 6.09. The lowest BCUT2D eigenvalue weighted by Gasteiger charge is -2.17. The van der Waals surface area contributed by atoms with E-state index in [1.54, 1.807) is 6.20 Å². The standard InChI is InChI=1S/C20H22ClN5.HI/c1-14-4-9-18(12-15(14)2)25-20(22)23-13-19(26-11-3-10-24-26)16-5-7-17(21)8-6-16;/h3-12,19H,13H2,1-2H3,(H3,22,23,25);1H. The molecule has 1 heterocycles. The van der Waals surface area contributed by atoms with E-state index in [4.69, 9.17) is 17.3 Å². The van der Waals surface area contributed by atoms with Gasteiger partial charge in [-0.15, -0.1) is 24.0 Å². The number of aliphatic imine (C=N–C) groups is 1. The van der Waals surface area contributed by atoms with Crippen LogP contribution in [0.2, 0.25) is 5.02 Å². The van der Waals surface area contributed by atoms with Gasteiger partial charge in [0.15, 0.2) is 5.96 Å². The fraction of sp³-hybridized carbons (Fsp3) is 0.200. The number of hydrogen-bond acceptors (Lipinski definition) is 2. The minimum absolute atomic E-state index is 0. The molecule has 0 radical (unpaired) electrons. The maximum Gasteiger partial charge on any atom is 0.193 e. The molecule has 0 aliphatic rings. The van der Waals surface area contributed by atoms with Gasteiger partial charge in [0.2, 0.25) is 0 Å². The second kappa shape index (κ2) is 9.75. The molecule has 0 fully saturated rings.